The second-order valence-corrected chi connectivity index (χ2v) is 4.42. The highest BCUT2D eigenvalue weighted by atomic mass is 19.4. The van der Waals surface area contributed by atoms with Gasteiger partial charge in [0.25, 0.3) is 0 Å². The first-order chi connectivity index (χ1) is 9.21. The molecule has 20 heavy (non-hydrogen) atoms. The topological polar surface area (TPSA) is 58.6 Å². The molecule has 0 aliphatic carbocycles. The Balaban J connectivity index is 3.01. The second-order valence-electron chi connectivity index (χ2n) is 4.42. The van der Waals surface area contributed by atoms with Crippen LogP contribution in [0.5, 0.6) is 0 Å². The maximum Gasteiger partial charge on any atom is 0.416 e. The first-order valence-electron chi connectivity index (χ1n) is 5.87. The molecular formula is C13H16F3NO3. The van der Waals surface area contributed by atoms with Crippen LogP contribution < -0.4 is 5.32 Å². The van der Waals surface area contributed by atoms with Crippen LogP contribution >= 0.6 is 0 Å². The molecule has 0 heterocycles. The summed E-state index contributed by atoms with van der Waals surface area (Å²) in [4.78, 5) is 11.4. The van der Waals surface area contributed by atoms with Crippen LogP contribution in [-0.4, -0.2) is 31.3 Å². The molecule has 4 nitrogen and oxygen atoms in total. The van der Waals surface area contributed by atoms with Crippen molar-refractivity contribution in [3.8, 4) is 0 Å². The normalized spacial score (nSPS) is 14.8. The fraction of sp³-hybridized carbons (Fsp3) is 0.462. The lowest BCUT2D eigenvalue weighted by Gasteiger charge is -2.27. The van der Waals surface area contributed by atoms with Gasteiger partial charge in [-0.05, 0) is 24.6 Å². The number of rotatable bonds is 6. The first kappa shape index (κ1) is 16.5. The SMILES string of the molecule is COCCNC(C)(C(=O)O)c1ccc(C(F)(F)F)cc1. The van der Waals surface area contributed by atoms with Crippen LogP contribution in [0.1, 0.15) is 18.1 Å². The van der Waals surface area contributed by atoms with Gasteiger partial charge in [0, 0.05) is 13.7 Å². The van der Waals surface area contributed by atoms with E-state index < -0.39 is 23.2 Å². The van der Waals surface area contributed by atoms with Crippen molar-refractivity contribution in [1.82, 2.24) is 5.32 Å². The van der Waals surface area contributed by atoms with Crippen molar-refractivity contribution in [2.24, 2.45) is 0 Å². The maximum atomic E-state index is 12.5. The van der Waals surface area contributed by atoms with Crippen LogP contribution in [0.25, 0.3) is 0 Å². The van der Waals surface area contributed by atoms with Crippen molar-refractivity contribution in [3.05, 3.63) is 35.4 Å². The number of aliphatic carboxylic acids is 1. The standard InChI is InChI=1S/C13H16F3NO3/c1-12(11(18)19,17-7-8-20-2)9-3-5-10(6-4-9)13(14,15)16/h3-6,17H,7-8H2,1-2H3,(H,18,19). The fourth-order valence-electron chi connectivity index (χ4n) is 1.70. The molecule has 1 atom stereocenters. The summed E-state index contributed by atoms with van der Waals surface area (Å²) >= 11 is 0. The number of halogens is 3. The van der Waals surface area contributed by atoms with E-state index in [0.717, 1.165) is 24.3 Å². The number of methoxy groups -OCH3 is 1. The van der Waals surface area contributed by atoms with Crippen molar-refractivity contribution < 1.29 is 27.8 Å². The van der Waals surface area contributed by atoms with Gasteiger partial charge >= 0.3 is 12.1 Å². The summed E-state index contributed by atoms with van der Waals surface area (Å²) in [5, 5.41) is 12.1. The fourth-order valence-corrected chi connectivity index (χ4v) is 1.70. The maximum absolute atomic E-state index is 12.5. The van der Waals surface area contributed by atoms with Gasteiger partial charge < -0.3 is 9.84 Å². The van der Waals surface area contributed by atoms with Crippen LogP contribution in [0.3, 0.4) is 0 Å². The molecule has 0 fully saturated rings. The third-order valence-electron chi connectivity index (χ3n) is 3.00. The smallest absolute Gasteiger partial charge is 0.416 e. The molecule has 0 aliphatic heterocycles. The van der Waals surface area contributed by atoms with Gasteiger partial charge in [0.05, 0.1) is 12.2 Å². The number of hydrogen-bond donors (Lipinski definition) is 2. The Morgan fingerprint density at radius 3 is 2.15 bits per heavy atom. The van der Waals surface area contributed by atoms with Crippen LogP contribution in [0.2, 0.25) is 0 Å². The van der Waals surface area contributed by atoms with Crippen molar-refractivity contribution >= 4 is 5.97 Å². The van der Waals surface area contributed by atoms with Crippen LogP contribution in [0.4, 0.5) is 13.2 Å². The number of hydrogen-bond acceptors (Lipinski definition) is 3. The van der Waals surface area contributed by atoms with E-state index in [4.69, 9.17) is 4.74 Å². The van der Waals surface area contributed by atoms with E-state index in [1.165, 1.54) is 14.0 Å². The predicted octanol–water partition coefficient (Wildman–Crippen LogP) is 2.24. The summed E-state index contributed by atoms with van der Waals surface area (Å²) in [6.45, 7) is 1.96. The minimum absolute atomic E-state index is 0.245. The molecule has 2 N–H and O–H groups in total. The van der Waals surface area contributed by atoms with E-state index in [2.05, 4.69) is 5.32 Å². The third-order valence-corrected chi connectivity index (χ3v) is 3.00. The minimum Gasteiger partial charge on any atom is -0.480 e. The number of ether oxygens (including phenoxy) is 1. The van der Waals surface area contributed by atoms with Gasteiger partial charge in [0.1, 0.15) is 5.54 Å². The zero-order chi connectivity index (χ0) is 15.4. The van der Waals surface area contributed by atoms with Crippen molar-refractivity contribution in [1.29, 1.82) is 0 Å². The number of carbonyl (C=O) groups is 1. The van der Waals surface area contributed by atoms with Gasteiger partial charge in [-0.2, -0.15) is 13.2 Å². The summed E-state index contributed by atoms with van der Waals surface area (Å²) in [6.07, 6.45) is -4.44. The van der Waals surface area contributed by atoms with Gasteiger partial charge in [-0.3, -0.25) is 5.32 Å². The number of carboxylic acids is 1. The van der Waals surface area contributed by atoms with Gasteiger partial charge in [-0.1, -0.05) is 12.1 Å². The highest BCUT2D eigenvalue weighted by Crippen LogP contribution is 2.31. The van der Waals surface area contributed by atoms with Gasteiger partial charge in [0.2, 0.25) is 0 Å². The summed E-state index contributed by atoms with van der Waals surface area (Å²) in [5.41, 5.74) is -2.04. The Bertz CT molecular complexity index is 459. The average Bonchev–Trinajstić information content (AvgIpc) is 2.37. The molecule has 7 heteroatoms. The number of nitrogens with one attached hydrogen (secondary N) is 1. The van der Waals surface area contributed by atoms with Gasteiger partial charge in [-0.25, -0.2) is 4.79 Å². The van der Waals surface area contributed by atoms with Crippen LogP contribution in [0, 0.1) is 0 Å². The lowest BCUT2D eigenvalue weighted by atomic mass is 9.91. The van der Waals surface area contributed by atoms with Crippen LogP contribution in [0.15, 0.2) is 24.3 Å². The molecule has 0 amide bonds. The predicted molar refractivity (Wildman–Crippen MR) is 66.3 cm³/mol. The van der Waals surface area contributed by atoms with E-state index in [1.54, 1.807) is 0 Å². The molecule has 0 spiro atoms. The Kier molecular flexibility index (Phi) is 5.13. The van der Waals surface area contributed by atoms with Crippen LogP contribution in [-0.2, 0) is 21.2 Å². The summed E-state index contributed by atoms with van der Waals surface area (Å²) < 4.78 is 42.2. The molecule has 0 bridgehead atoms. The minimum atomic E-state index is -4.44. The summed E-state index contributed by atoms with van der Waals surface area (Å²) in [5.74, 6) is -1.17. The third kappa shape index (κ3) is 3.71. The Hall–Kier alpha value is -1.60. The highest BCUT2D eigenvalue weighted by Gasteiger charge is 2.36. The van der Waals surface area contributed by atoms with E-state index in [9.17, 15) is 23.1 Å². The monoisotopic (exact) mass is 291 g/mol. The van der Waals surface area contributed by atoms with Crippen molar-refractivity contribution in [2.45, 2.75) is 18.6 Å². The zero-order valence-electron chi connectivity index (χ0n) is 11.1. The number of alkyl halides is 3. The molecular weight excluding hydrogens is 275 g/mol. The number of benzene rings is 1. The molecule has 1 unspecified atom stereocenters. The lowest BCUT2D eigenvalue weighted by molar-refractivity contribution is -0.144. The summed E-state index contributed by atoms with van der Waals surface area (Å²) in [6, 6.07) is 4.07. The Morgan fingerprint density at radius 1 is 1.25 bits per heavy atom. The molecule has 0 radical (unpaired) electrons. The lowest BCUT2D eigenvalue weighted by Crippen LogP contribution is -2.47. The van der Waals surface area contributed by atoms with E-state index in [0.29, 0.717) is 6.61 Å². The van der Waals surface area contributed by atoms with Crippen molar-refractivity contribution in [3.63, 3.8) is 0 Å². The average molecular weight is 291 g/mol. The largest absolute Gasteiger partial charge is 0.480 e. The zero-order valence-corrected chi connectivity index (χ0v) is 11.1. The molecule has 1 aromatic carbocycles. The highest BCUT2D eigenvalue weighted by molar-refractivity contribution is 5.80. The van der Waals surface area contributed by atoms with Crippen molar-refractivity contribution in [2.75, 3.05) is 20.3 Å². The molecule has 0 saturated heterocycles. The second kappa shape index (κ2) is 6.23. The quantitative estimate of drug-likeness (QED) is 0.789. The Morgan fingerprint density at radius 2 is 1.75 bits per heavy atom. The van der Waals surface area contributed by atoms with E-state index in [-0.39, 0.29) is 12.1 Å². The molecule has 0 aliphatic rings. The van der Waals surface area contributed by atoms with E-state index in [1.807, 2.05) is 0 Å². The molecule has 1 aromatic rings. The van der Waals surface area contributed by atoms with Gasteiger partial charge in [0.15, 0.2) is 0 Å². The molecule has 0 aromatic heterocycles. The first-order valence-corrected chi connectivity index (χ1v) is 5.87. The molecule has 1 rings (SSSR count). The molecule has 112 valence electrons. The number of carboxylic acid groups (broad SMARTS) is 1. The summed E-state index contributed by atoms with van der Waals surface area (Å²) in [7, 11) is 1.47. The van der Waals surface area contributed by atoms with E-state index >= 15 is 0 Å². The van der Waals surface area contributed by atoms with Gasteiger partial charge in [-0.15, -0.1) is 0 Å². The molecule has 0 saturated carbocycles. The Labute approximate surface area is 114 Å².